The normalized spacial score (nSPS) is 16.1. The van der Waals surface area contributed by atoms with Crippen molar-refractivity contribution in [2.24, 2.45) is 0 Å². The second-order valence-electron chi connectivity index (χ2n) is 3.68. The van der Waals surface area contributed by atoms with Gasteiger partial charge in [0.25, 0.3) is 0 Å². The number of rotatable bonds is 1. The van der Waals surface area contributed by atoms with Crippen molar-refractivity contribution in [2.45, 2.75) is 19.3 Å². The highest BCUT2D eigenvalue weighted by molar-refractivity contribution is 9.10. The Morgan fingerprint density at radius 3 is 2.67 bits per heavy atom. The Morgan fingerprint density at radius 1 is 1.33 bits per heavy atom. The Morgan fingerprint density at radius 2 is 2.07 bits per heavy atom. The van der Waals surface area contributed by atoms with Crippen molar-refractivity contribution in [3.05, 3.63) is 22.4 Å². The van der Waals surface area contributed by atoms with Crippen LogP contribution in [0.1, 0.15) is 25.0 Å². The zero-order chi connectivity index (χ0) is 10.7. The fourth-order valence-corrected chi connectivity index (χ4v) is 2.26. The predicted molar refractivity (Wildman–Crippen MR) is 62.7 cm³/mol. The third-order valence-corrected chi connectivity index (χ3v) is 3.26. The van der Waals surface area contributed by atoms with Crippen LogP contribution in [-0.2, 0) is 0 Å². The smallest absolute Gasteiger partial charge is 0.154 e. The first-order chi connectivity index (χ1) is 7.31. The Kier molecular flexibility index (Phi) is 3.22. The Hall–Kier alpha value is -1.08. The zero-order valence-electron chi connectivity index (χ0n) is 8.41. The fourth-order valence-electron chi connectivity index (χ4n) is 1.84. The molecule has 4 heteroatoms. The van der Waals surface area contributed by atoms with Gasteiger partial charge in [-0.3, -0.25) is 0 Å². The molecule has 3 nitrogen and oxygen atoms in total. The molecule has 15 heavy (non-hydrogen) atoms. The van der Waals surface area contributed by atoms with Gasteiger partial charge in [-0.15, -0.1) is 0 Å². The lowest BCUT2D eigenvalue weighted by molar-refractivity contribution is 0.577. The SMILES string of the molecule is N#Cc1ncc(N2CCCCC2)cc1Br. The van der Waals surface area contributed by atoms with Crippen LogP contribution in [0.15, 0.2) is 16.7 Å². The van der Waals surface area contributed by atoms with Gasteiger partial charge in [-0.25, -0.2) is 4.98 Å². The maximum atomic E-state index is 8.76. The summed E-state index contributed by atoms with van der Waals surface area (Å²) in [6, 6.07) is 4.03. The van der Waals surface area contributed by atoms with E-state index in [0.717, 1.165) is 23.2 Å². The number of anilines is 1. The van der Waals surface area contributed by atoms with Gasteiger partial charge in [0.1, 0.15) is 6.07 Å². The minimum absolute atomic E-state index is 0.454. The molecule has 0 radical (unpaired) electrons. The van der Waals surface area contributed by atoms with E-state index in [1.165, 1.54) is 19.3 Å². The van der Waals surface area contributed by atoms with E-state index < -0.39 is 0 Å². The number of aromatic nitrogens is 1. The fraction of sp³-hybridized carbons (Fsp3) is 0.455. The van der Waals surface area contributed by atoms with Crippen molar-refractivity contribution in [1.29, 1.82) is 5.26 Å². The van der Waals surface area contributed by atoms with E-state index in [-0.39, 0.29) is 0 Å². The lowest BCUT2D eigenvalue weighted by Crippen LogP contribution is -2.29. The van der Waals surface area contributed by atoms with E-state index in [1.807, 2.05) is 12.1 Å². The Labute approximate surface area is 97.9 Å². The summed E-state index contributed by atoms with van der Waals surface area (Å²) in [4.78, 5) is 6.44. The van der Waals surface area contributed by atoms with Crippen LogP contribution in [0.5, 0.6) is 0 Å². The molecule has 2 rings (SSSR count). The van der Waals surface area contributed by atoms with Crippen molar-refractivity contribution >= 4 is 21.6 Å². The maximum Gasteiger partial charge on any atom is 0.154 e. The van der Waals surface area contributed by atoms with Gasteiger partial charge < -0.3 is 4.90 Å². The second-order valence-corrected chi connectivity index (χ2v) is 4.54. The first-order valence-corrected chi connectivity index (χ1v) is 5.91. The van der Waals surface area contributed by atoms with Crippen LogP contribution in [0.3, 0.4) is 0 Å². The molecule has 1 saturated heterocycles. The summed E-state index contributed by atoms with van der Waals surface area (Å²) in [6.45, 7) is 2.19. The highest BCUT2D eigenvalue weighted by Crippen LogP contribution is 2.24. The molecular weight excluding hydrogens is 254 g/mol. The molecule has 0 aromatic carbocycles. The van der Waals surface area contributed by atoms with Crippen LogP contribution in [0.25, 0.3) is 0 Å². The quantitative estimate of drug-likeness (QED) is 0.784. The van der Waals surface area contributed by atoms with E-state index in [0.29, 0.717) is 5.69 Å². The first-order valence-electron chi connectivity index (χ1n) is 5.12. The van der Waals surface area contributed by atoms with E-state index in [2.05, 4.69) is 25.8 Å². The highest BCUT2D eigenvalue weighted by atomic mass is 79.9. The molecule has 1 aliphatic rings. The molecule has 78 valence electrons. The van der Waals surface area contributed by atoms with Crippen molar-refractivity contribution in [2.75, 3.05) is 18.0 Å². The lowest BCUT2D eigenvalue weighted by Gasteiger charge is -2.28. The summed E-state index contributed by atoms with van der Waals surface area (Å²) in [6.07, 6.45) is 5.60. The average Bonchev–Trinajstić information content (AvgIpc) is 2.30. The Balaban J connectivity index is 2.22. The lowest BCUT2D eigenvalue weighted by atomic mass is 10.1. The number of pyridine rings is 1. The van der Waals surface area contributed by atoms with Gasteiger partial charge in [-0.05, 0) is 41.3 Å². The van der Waals surface area contributed by atoms with Crippen molar-refractivity contribution in [3.63, 3.8) is 0 Å². The molecule has 1 aromatic heterocycles. The van der Waals surface area contributed by atoms with Gasteiger partial charge in [0.15, 0.2) is 5.69 Å². The summed E-state index contributed by atoms with van der Waals surface area (Å²) in [7, 11) is 0. The number of nitrogens with zero attached hydrogens (tertiary/aromatic N) is 3. The third kappa shape index (κ3) is 2.29. The van der Waals surface area contributed by atoms with E-state index in [9.17, 15) is 0 Å². The third-order valence-electron chi connectivity index (χ3n) is 2.65. The molecule has 2 heterocycles. The van der Waals surface area contributed by atoms with Gasteiger partial charge in [-0.2, -0.15) is 5.26 Å². The van der Waals surface area contributed by atoms with E-state index in [1.54, 1.807) is 6.20 Å². The minimum atomic E-state index is 0.454. The van der Waals surface area contributed by atoms with Crippen LogP contribution in [0.2, 0.25) is 0 Å². The summed E-state index contributed by atoms with van der Waals surface area (Å²) in [5, 5.41) is 8.76. The van der Waals surface area contributed by atoms with Crippen molar-refractivity contribution in [3.8, 4) is 6.07 Å². The molecule has 0 saturated carbocycles. The van der Waals surface area contributed by atoms with Crippen molar-refractivity contribution < 1.29 is 0 Å². The predicted octanol–water partition coefficient (Wildman–Crippen LogP) is 2.71. The van der Waals surface area contributed by atoms with Gasteiger partial charge >= 0.3 is 0 Å². The van der Waals surface area contributed by atoms with Crippen LogP contribution in [-0.4, -0.2) is 18.1 Å². The molecule has 1 aliphatic heterocycles. The molecule has 1 aromatic rings. The van der Waals surface area contributed by atoms with E-state index >= 15 is 0 Å². The molecule has 1 fully saturated rings. The van der Waals surface area contributed by atoms with Gasteiger partial charge in [0.05, 0.1) is 16.4 Å². The van der Waals surface area contributed by atoms with Crippen LogP contribution in [0, 0.1) is 11.3 Å². The zero-order valence-corrected chi connectivity index (χ0v) is 10.00. The van der Waals surface area contributed by atoms with Crippen LogP contribution in [0.4, 0.5) is 5.69 Å². The number of nitriles is 1. The largest absolute Gasteiger partial charge is 0.370 e. The highest BCUT2D eigenvalue weighted by Gasteiger charge is 2.12. The number of hydrogen-bond acceptors (Lipinski definition) is 3. The van der Waals surface area contributed by atoms with E-state index in [4.69, 9.17) is 5.26 Å². The number of hydrogen-bond donors (Lipinski definition) is 0. The maximum absolute atomic E-state index is 8.76. The molecule has 0 unspecified atom stereocenters. The van der Waals surface area contributed by atoms with Crippen LogP contribution >= 0.6 is 15.9 Å². The van der Waals surface area contributed by atoms with Crippen molar-refractivity contribution in [1.82, 2.24) is 4.98 Å². The average molecular weight is 266 g/mol. The molecule has 0 spiro atoms. The Bertz CT molecular complexity index is 391. The number of piperidine rings is 1. The molecule has 0 atom stereocenters. The standard InChI is InChI=1S/C11H12BrN3/c12-10-6-9(8-14-11(10)7-13)15-4-2-1-3-5-15/h6,8H,1-5H2. The summed E-state index contributed by atoms with van der Waals surface area (Å²) >= 11 is 3.36. The minimum Gasteiger partial charge on any atom is -0.370 e. The summed E-state index contributed by atoms with van der Waals surface area (Å²) in [5.74, 6) is 0. The first kappa shape index (κ1) is 10.4. The molecule has 0 amide bonds. The summed E-state index contributed by atoms with van der Waals surface area (Å²) in [5.41, 5.74) is 1.57. The second kappa shape index (κ2) is 4.63. The number of halogens is 1. The molecule has 0 bridgehead atoms. The molecule has 0 N–H and O–H groups in total. The topological polar surface area (TPSA) is 39.9 Å². The molecule has 0 aliphatic carbocycles. The van der Waals surface area contributed by atoms with Crippen LogP contribution < -0.4 is 4.90 Å². The van der Waals surface area contributed by atoms with Gasteiger partial charge in [-0.1, -0.05) is 0 Å². The van der Waals surface area contributed by atoms with Gasteiger partial charge in [0.2, 0.25) is 0 Å². The summed E-state index contributed by atoms with van der Waals surface area (Å²) < 4.78 is 0.785. The monoisotopic (exact) mass is 265 g/mol. The van der Waals surface area contributed by atoms with Gasteiger partial charge in [0, 0.05) is 13.1 Å². The molecular formula is C11H12BrN3.